The van der Waals surface area contributed by atoms with Gasteiger partial charge in [0.15, 0.2) is 0 Å². The first-order valence-corrected chi connectivity index (χ1v) is 9.25. The van der Waals surface area contributed by atoms with Crippen molar-refractivity contribution in [2.75, 3.05) is 59.6 Å². The van der Waals surface area contributed by atoms with Crippen LogP contribution < -0.4 is 0 Å². The van der Waals surface area contributed by atoms with Crippen LogP contribution in [-0.4, -0.2) is 104 Å². The molecular weight excluding hydrogens is 310 g/mol. The zero-order chi connectivity index (χ0) is 16.9. The Kier molecular flexibility index (Phi) is 6.32. The van der Waals surface area contributed by atoms with Crippen LogP contribution in [-0.2, 0) is 9.47 Å². The quantitative estimate of drug-likeness (QED) is 0.725. The maximum Gasteiger partial charge on any atom is 0.320 e. The first-order chi connectivity index (χ1) is 11.6. The van der Waals surface area contributed by atoms with Gasteiger partial charge in [-0.1, -0.05) is 0 Å². The van der Waals surface area contributed by atoms with Crippen molar-refractivity contribution in [2.24, 2.45) is 0 Å². The molecule has 138 valence electrons. The van der Waals surface area contributed by atoms with E-state index in [0.717, 1.165) is 58.5 Å². The molecule has 3 aliphatic heterocycles. The molecule has 3 saturated heterocycles. The molecule has 0 aromatic rings. The van der Waals surface area contributed by atoms with Crippen LogP contribution in [0.3, 0.4) is 0 Å². The van der Waals surface area contributed by atoms with E-state index in [1.807, 2.05) is 11.9 Å². The highest BCUT2D eigenvalue weighted by Crippen LogP contribution is 2.21. The van der Waals surface area contributed by atoms with Gasteiger partial charge in [0, 0.05) is 52.4 Å². The summed E-state index contributed by atoms with van der Waals surface area (Å²) in [4.78, 5) is 18.1. The number of carbonyl (C=O) groups is 1. The Morgan fingerprint density at radius 2 is 2.04 bits per heavy atom. The normalized spacial score (nSPS) is 28.1. The molecule has 3 heterocycles. The lowest BCUT2D eigenvalue weighted by Crippen LogP contribution is -2.48. The number of piperidine rings is 1. The van der Waals surface area contributed by atoms with Crippen molar-refractivity contribution >= 4 is 6.03 Å². The first-order valence-electron chi connectivity index (χ1n) is 9.25. The van der Waals surface area contributed by atoms with Gasteiger partial charge in [0.2, 0.25) is 0 Å². The number of aliphatic hydroxyl groups is 1. The van der Waals surface area contributed by atoms with E-state index in [2.05, 4.69) is 4.90 Å². The average Bonchev–Trinajstić information content (AvgIpc) is 3.20. The third-order valence-electron chi connectivity index (χ3n) is 5.35. The number of carbonyl (C=O) groups excluding carboxylic acids is 1. The monoisotopic (exact) mass is 341 g/mol. The number of amides is 2. The standard InChI is InChI=1S/C17H31N3O4/c1-18-8-9-20(17(18)22)14-4-6-19(7-5-14)11-15(21)12-23-13-16-3-2-10-24-16/h14-16,21H,2-13H2,1H3/t15-,16+/m1/s1. The van der Waals surface area contributed by atoms with Gasteiger partial charge in [0.1, 0.15) is 0 Å². The number of nitrogens with zero attached hydrogens (tertiary/aromatic N) is 3. The van der Waals surface area contributed by atoms with Crippen molar-refractivity contribution < 1.29 is 19.4 Å². The van der Waals surface area contributed by atoms with Gasteiger partial charge in [-0.25, -0.2) is 4.79 Å². The number of hydrogen-bond donors (Lipinski definition) is 1. The molecule has 3 fully saturated rings. The highest BCUT2D eigenvalue weighted by Gasteiger charge is 2.33. The summed E-state index contributed by atoms with van der Waals surface area (Å²) in [5.74, 6) is 0. The van der Waals surface area contributed by atoms with E-state index in [1.54, 1.807) is 4.90 Å². The molecule has 0 aliphatic carbocycles. The summed E-state index contributed by atoms with van der Waals surface area (Å²) in [5.41, 5.74) is 0. The third kappa shape index (κ3) is 4.59. The van der Waals surface area contributed by atoms with Crippen molar-refractivity contribution in [3.8, 4) is 0 Å². The molecule has 0 radical (unpaired) electrons. The molecule has 0 bridgehead atoms. The highest BCUT2D eigenvalue weighted by molar-refractivity contribution is 5.76. The Morgan fingerprint density at radius 1 is 1.25 bits per heavy atom. The summed E-state index contributed by atoms with van der Waals surface area (Å²) in [6.45, 7) is 5.98. The number of likely N-dealkylation sites (tertiary alicyclic amines) is 1. The largest absolute Gasteiger partial charge is 0.389 e. The van der Waals surface area contributed by atoms with E-state index in [4.69, 9.17) is 9.47 Å². The Morgan fingerprint density at radius 3 is 2.67 bits per heavy atom. The fourth-order valence-corrected chi connectivity index (χ4v) is 3.88. The van der Waals surface area contributed by atoms with E-state index in [-0.39, 0.29) is 12.1 Å². The molecule has 3 rings (SSSR count). The van der Waals surface area contributed by atoms with Gasteiger partial charge in [0.25, 0.3) is 0 Å². The number of ether oxygens (including phenoxy) is 2. The lowest BCUT2D eigenvalue weighted by atomic mass is 10.0. The van der Waals surface area contributed by atoms with Gasteiger partial charge in [-0.3, -0.25) is 0 Å². The van der Waals surface area contributed by atoms with Gasteiger partial charge < -0.3 is 29.3 Å². The second-order valence-corrected chi connectivity index (χ2v) is 7.26. The summed E-state index contributed by atoms with van der Waals surface area (Å²) in [7, 11) is 1.87. The second kappa shape index (κ2) is 8.47. The van der Waals surface area contributed by atoms with Crippen LogP contribution in [0.15, 0.2) is 0 Å². The molecule has 0 unspecified atom stereocenters. The van der Waals surface area contributed by atoms with Crippen LogP contribution in [0, 0.1) is 0 Å². The van der Waals surface area contributed by atoms with Crippen LogP contribution in [0.1, 0.15) is 25.7 Å². The second-order valence-electron chi connectivity index (χ2n) is 7.26. The molecule has 3 aliphatic rings. The van der Waals surface area contributed by atoms with Gasteiger partial charge in [-0.05, 0) is 25.7 Å². The van der Waals surface area contributed by atoms with Gasteiger partial charge in [-0.2, -0.15) is 0 Å². The van der Waals surface area contributed by atoms with Gasteiger partial charge in [0.05, 0.1) is 25.4 Å². The Balaban J connectivity index is 1.31. The topological polar surface area (TPSA) is 65.5 Å². The molecule has 0 aromatic carbocycles. The maximum absolute atomic E-state index is 12.1. The molecule has 7 heteroatoms. The summed E-state index contributed by atoms with van der Waals surface area (Å²) in [6, 6.07) is 0.516. The number of likely N-dealkylation sites (N-methyl/N-ethyl adjacent to an activating group) is 1. The summed E-state index contributed by atoms with van der Waals surface area (Å²) >= 11 is 0. The summed E-state index contributed by atoms with van der Waals surface area (Å²) in [6.07, 6.45) is 3.91. The first kappa shape index (κ1) is 17.9. The fourth-order valence-electron chi connectivity index (χ4n) is 3.88. The van der Waals surface area contributed by atoms with Crippen molar-refractivity contribution in [1.29, 1.82) is 0 Å². The molecule has 2 amide bonds. The fraction of sp³-hybridized carbons (Fsp3) is 0.941. The minimum absolute atomic E-state index is 0.163. The lowest BCUT2D eigenvalue weighted by Gasteiger charge is -2.37. The van der Waals surface area contributed by atoms with Crippen molar-refractivity contribution in [3.05, 3.63) is 0 Å². The molecule has 7 nitrogen and oxygen atoms in total. The number of β-amino-alcohol motifs (C(OH)–C–C–N with tert-alkyl or cyclic N) is 1. The van der Waals surface area contributed by atoms with Gasteiger partial charge in [-0.15, -0.1) is 0 Å². The maximum atomic E-state index is 12.1. The van der Waals surface area contributed by atoms with Crippen LogP contribution in [0.2, 0.25) is 0 Å². The predicted molar refractivity (Wildman–Crippen MR) is 90.0 cm³/mol. The average molecular weight is 341 g/mol. The molecule has 1 N–H and O–H groups in total. The SMILES string of the molecule is CN1CCN(C2CCN(C[C@@H](O)COC[C@@H]3CCCO3)CC2)C1=O. The van der Waals surface area contributed by atoms with E-state index in [1.165, 1.54) is 0 Å². The van der Waals surface area contributed by atoms with Crippen LogP contribution >= 0.6 is 0 Å². The Bertz CT molecular complexity index is 409. The molecule has 0 spiro atoms. The van der Waals surface area contributed by atoms with Crippen LogP contribution in [0.25, 0.3) is 0 Å². The zero-order valence-electron chi connectivity index (χ0n) is 14.7. The third-order valence-corrected chi connectivity index (χ3v) is 5.35. The molecule has 0 saturated carbocycles. The molecule has 24 heavy (non-hydrogen) atoms. The zero-order valence-corrected chi connectivity index (χ0v) is 14.7. The molecule has 0 aromatic heterocycles. The van der Waals surface area contributed by atoms with Crippen LogP contribution in [0.5, 0.6) is 0 Å². The number of rotatable bonds is 7. The minimum Gasteiger partial charge on any atom is -0.389 e. The Labute approximate surface area is 144 Å². The van der Waals surface area contributed by atoms with Crippen molar-refractivity contribution in [1.82, 2.24) is 14.7 Å². The number of aliphatic hydroxyl groups excluding tert-OH is 1. The van der Waals surface area contributed by atoms with E-state index in [9.17, 15) is 9.90 Å². The smallest absolute Gasteiger partial charge is 0.320 e. The van der Waals surface area contributed by atoms with E-state index < -0.39 is 6.10 Å². The lowest BCUT2D eigenvalue weighted by molar-refractivity contribution is -0.0277. The molecule has 2 atom stereocenters. The van der Waals surface area contributed by atoms with Gasteiger partial charge >= 0.3 is 6.03 Å². The number of hydrogen-bond acceptors (Lipinski definition) is 5. The summed E-state index contributed by atoms with van der Waals surface area (Å²) in [5, 5.41) is 10.2. The Hall–Kier alpha value is -0.890. The highest BCUT2D eigenvalue weighted by atomic mass is 16.5. The van der Waals surface area contributed by atoms with Crippen molar-refractivity contribution in [2.45, 2.75) is 43.9 Å². The van der Waals surface area contributed by atoms with Crippen LogP contribution in [0.4, 0.5) is 4.79 Å². The predicted octanol–water partition coefficient (Wildman–Crippen LogP) is 0.375. The minimum atomic E-state index is -0.456. The van der Waals surface area contributed by atoms with Crippen molar-refractivity contribution in [3.63, 3.8) is 0 Å². The molecular formula is C17H31N3O4. The van der Waals surface area contributed by atoms with E-state index >= 15 is 0 Å². The summed E-state index contributed by atoms with van der Waals surface area (Å²) < 4.78 is 11.1. The number of urea groups is 1. The van der Waals surface area contributed by atoms with E-state index in [0.29, 0.717) is 25.8 Å².